The van der Waals surface area contributed by atoms with Gasteiger partial charge in [-0.25, -0.2) is 4.68 Å². The van der Waals surface area contributed by atoms with E-state index in [4.69, 9.17) is 4.74 Å². The number of rotatable bonds is 3. The Morgan fingerprint density at radius 3 is 2.85 bits per heavy atom. The zero-order valence-corrected chi connectivity index (χ0v) is 8.15. The molecule has 0 aliphatic rings. The summed E-state index contributed by atoms with van der Waals surface area (Å²) in [6.07, 6.45) is 2.44. The Morgan fingerprint density at radius 2 is 2.38 bits per heavy atom. The predicted octanol–water partition coefficient (Wildman–Crippen LogP) is 1.22. The molecule has 0 amide bonds. The van der Waals surface area contributed by atoms with Crippen molar-refractivity contribution in [1.29, 1.82) is 0 Å². The van der Waals surface area contributed by atoms with Crippen molar-refractivity contribution in [2.24, 2.45) is 0 Å². The summed E-state index contributed by atoms with van der Waals surface area (Å²) < 4.78 is 6.35. The highest BCUT2D eigenvalue weighted by Crippen LogP contribution is 2.07. The molecular weight excluding hydrogens is 168 g/mol. The van der Waals surface area contributed by atoms with Crippen LogP contribution in [-0.4, -0.2) is 16.9 Å². The van der Waals surface area contributed by atoms with E-state index in [1.807, 2.05) is 13.8 Å². The van der Waals surface area contributed by atoms with Gasteiger partial charge in [0.1, 0.15) is 5.75 Å². The third kappa shape index (κ3) is 2.08. The van der Waals surface area contributed by atoms with Gasteiger partial charge in [0.15, 0.2) is 0 Å². The van der Waals surface area contributed by atoms with E-state index in [1.165, 1.54) is 17.9 Å². The maximum atomic E-state index is 11.4. The number of hydrogen-bond acceptors (Lipinski definition) is 3. The minimum atomic E-state index is -0.117. The summed E-state index contributed by atoms with van der Waals surface area (Å²) in [5.41, 5.74) is -0.117. The van der Waals surface area contributed by atoms with Gasteiger partial charge in [-0.15, -0.1) is 0 Å². The first kappa shape index (κ1) is 9.77. The molecule has 0 spiro atoms. The molecule has 1 aromatic heterocycles. The van der Waals surface area contributed by atoms with E-state index in [0.717, 1.165) is 6.42 Å². The molecule has 0 fully saturated rings. The molecule has 0 saturated carbocycles. The third-order valence-electron chi connectivity index (χ3n) is 2.04. The smallest absolute Gasteiger partial charge is 0.270 e. The second-order valence-electron chi connectivity index (χ2n) is 2.94. The Kier molecular flexibility index (Phi) is 3.06. The zero-order valence-electron chi connectivity index (χ0n) is 8.15. The lowest BCUT2D eigenvalue weighted by Gasteiger charge is -2.10. The number of methoxy groups -OCH3 is 1. The van der Waals surface area contributed by atoms with Crippen LogP contribution in [0.15, 0.2) is 17.1 Å². The first-order chi connectivity index (χ1) is 6.19. The predicted molar refractivity (Wildman–Crippen MR) is 50.1 cm³/mol. The molecule has 0 aromatic carbocycles. The van der Waals surface area contributed by atoms with Crippen LogP contribution in [0.25, 0.3) is 0 Å². The van der Waals surface area contributed by atoms with Gasteiger partial charge in [0.25, 0.3) is 5.56 Å². The van der Waals surface area contributed by atoms with Crippen LogP contribution in [0, 0.1) is 0 Å². The van der Waals surface area contributed by atoms with E-state index in [-0.39, 0.29) is 11.6 Å². The molecule has 1 unspecified atom stereocenters. The van der Waals surface area contributed by atoms with Crippen molar-refractivity contribution in [3.8, 4) is 5.75 Å². The van der Waals surface area contributed by atoms with Crippen LogP contribution in [0.2, 0.25) is 0 Å². The Bertz CT molecular complexity index is 333. The molecular formula is C9H14N2O2. The van der Waals surface area contributed by atoms with Crippen LogP contribution in [0.3, 0.4) is 0 Å². The zero-order chi connectivity index (χ0) is 9.84. The standard InChI is InChI=1S/C9H14N2O2/c1-4-7(2)11-9(12)5-8(13-3)6-10-11/h5-7H,4H2,1-3H3. The fraction of sp³-hybridized carbons (Fsp3) is 0.556. The molecule has 0 radical (unpaired) electrons. The van der Waals surface area contributed by atoms with Gasteiger partial charge in [0.05, 0.1) is 19.3 Å². The number of ether oxygens (including phenoxy) is 1. The number of hydrogen-bond donors (Lipinski definition) is 0. The molecule has 0 N–H and O–H groups in total. The van der Waals surface area contributed by atoms with E-state index in [2.05, 4.69) is 5.10 Å². The summed E-state index contributed by atoms with van der Waals surface area (Å²) in [6, 6.07) is 1.58. The van der Waals surface area contributed by atoms with Crippen LogP contribution in [0.1, 0.15) is 26.3 Å². The van der Waals surface area contributed by atoms with Crippen LogP contribution in [-0.2, 0) is 0 Å². The Morgan fingerprint density at radius 1 is 1.69 bits per heavy atom. The maximum absolute atomic E-state index is 11.4. The second-order valence-corrected chi connectivity index (χ2v) is 2.94. The van der Waals surface area contributed by atoms with Crippen LogP contribution in [0.5, 0.6) is 5.75 Å². The topological polar surface area (TPSA) is 44.1 Å². The SMILES string of the molecule is CCC(C)n1ncc(OC)cc1=O. The molecule has 0 bridgehead atoms. The van der Waals surface area contributed by atoms with Crippen molar-refractivity contribution in [2.75, 3.05) is 7.11 Å². The van der Waals surface area contributed by atoms with E-state index in [1.54, 1.807) is 6.20 Å². The molecule has 13 heavy (non-hydrogen) atoms. The van der Waals surface area contributed by atoms with Crippen molar-refractivity contribution in [3.63, 3.8) is 0 Å². The first-order valence-corrected chi connectivity index (χ1v) is 4.32. The maximum Gasteiger partial charge on any atom is 0.270 e. The average molecular weight is 182 g/mol. The molecule has 4 nitrogen and oxygen atoms in total. The number of aromatic nitrogens is 2. The Hall–Kier alpha value is -1.32. The van der Waals surface area contributed by atoms with Crippen molar-refractivity contribution >= 4 is 0 Å². The van der Waals surface area contributed by atoms with Gasteiger partial charge < -0.3 is 4.74 Å². The van der Waals surface area contributed by atoms with Gasteiger partial charge in [-0.2, -0.15) is 5.10 Å². The van der Waals surface area contributed by atoms with Gasteiger partial charge in [0, 0.05) is 6.07 Å². The van der Waals surface area contributed by atoms with Gasteiger partial charge in [-0.05, 0) is 13.3 Å². The first-order valence-electron chi connectivity index (χ1n) is 4.32. The van der Waals surface area contributed by atoms with E-state index >= 15 is 0 Å². The molecule has 0 aliphatic carbocycles. The van der Waals surface area contributed by atoms with Crippen molar-refractivity contribution < 1.29 is 4.74 Å². The van der Waals surface area contributed by atoms with E-state index < -0.39 is 0 Å². The van der Waals surface area contributed by atoms with Gasteiger partial charge in [0.2, 0.25) is 0 Å². The molecule has 1 heterocycles. The lowest BCUT2D eigenvalue weighted by molar-refractivity contribution is 0.395. The van der Waals surface area contributed by atoms with Crippen LogP contribution in [0.4, 0.5) is 0 Å². The van der Waals surface area contributed by atoms with Crippen LogP contribution >= 0.6 is 0 Å². The molecule has 0 aliphatic heterocycles. The monoisotopic (exact) mass is 182 g/mol. The van der Waals surface area contributed by atoms with Gasteiger partial charge >= 0.3 is 0 Å². The molecule has 4 heteroatoms. The van der Waals surface area contributed by atoms with E-state index in [0.29, 0.717) is 5.75 Å². The molecule has 0 saturated heterocycles. The summed E-state index contributed by atoms with van der Waals surface area (Å²) in [7, 11) is 1.52. The quantitative estimate of drug-likeness (QED) is 0.706. The highest BCUT2D eigenvalue weighted by molar-refractivity contribution is 5.13. The number of nitrogens with zero attached hydrogens (tertiary/aromatic N) is 2. The second kappa shape index (κ2) is 4.07. The molecule has 1 atom stereocenters. The summed E-state index contributed by atoms with van der Waals surface area (Å²) in [4.78, 5) is 11.4. The van der Waals surface area contributed by atoms with Crippen molar-refractivity contribution in [2.45, 2.75) is 26.3 Å². The fourth-order valence-corrected chi connectivity index (χ4v) is 1.02. The summed E-state index contributed by atoms with van der Waals surface area (Å²) in [5.74, 6) is 0.504. The third-order valence-corrected chi connectivity index (χ3v) is 2.04. The summed E-state index contributed by atoms with van der Waals surface area (Å²) >= 11 is 0. The highest BCUT2D eigenvalue weighted by atomic mass is 16.5. The average Bonchev–Trinajstić information content (AvgIpc) is 2.16. The van der Waals surface area contributed by atoms with E-state index in [9.17, 15) is 4.79 Å². The summed E-state index contributed by atoms with van der Waals surface area (Å²) in [5, 5.41) is 4.00. The lowest BCUT2D eigenvalue weighted by atomic mass is 10.3. The minimum absolute atomic E-state index is 0.117. The highest BCUT2D eigenvalue weighted by Gasteiger charge is 2.05. The molecule has 1 rings (SSSR count). The van der Waals surface area contributed by atoms with Crippen LogP contribution < -0.4 is 10.3 Å². The van der Waals surface area contributed by atoms with Crippen molar-refractivity contribution in [1.82, 2.24) is 9.78 Å². The summed E-state index contributed by atoms with van der Waals surface area (Å²) in [6.45, 7) is 3.98. The van der Waals surface area contributed by atoms with Crippen molar-refractivity contribution in [3.05, 3.63) is 22.6 Å². The lowest BCUT2D eigenvalue weighted by Crippen LogP contribution is -2.24. The van der Waals surface area contributed by atoms with Gasteiger partial charge in [-0.1, -0.05) is 6.92 Å². The minimum Gasteiger partial charge on any atom is -0.495 e. The molecule has 72 valence electrons. The Labute approximate surface area is 77.1 Å². The van der Waals surface area contributed by atoms with Gasteiger partial charge in [-0.3, -0.25) is 4.79 Å². The largest absolute Gasteiger partial charge is 0.495 e. The molecule has 1 aromatic rings. The Balaban J connectivity index is 3.05. The fourth-order valence-electron chi connectivity index (χ4n) is 1.02. The normalized spacial score (nSPS) is 12.5.